The molecule has 2 unspecified atom stereocenters. The van der Waals surface area contributed by atoms with Crippen LogP contribution in [0.5, 0.6) is 0 Å². The summed E-state index contributed by atoms with van der Waals surface area (Å²) in [5.74, 6) is 0. The summed E-state index contributed by atoms with van der Waals surface area (Å²) in [4.78, 5) is 6.56. The first-order chi connectivity index (χ1) is 8.20. The van der Waals surface area contributed by atoms with Gasteiger partial charge in [0.1, 0.15) is 0 Å². The summed E-state index contributed by atoms with van der Waals surface area (Å²) < 4.78 is 5.60. The van der Waals surface area contributed by atoms with Crippen LogP contribution in [0, 0.1) is 0 Å². The normalized spacial score (nSPS) is 24.5. The Labute approximate surface area is 103 Å². The Balaban J connectivity index is 1.99. The second-order valence-corrected chi connectivity index (χ2v) is 4.71. The highest BCUT2D eigenvalue weighted by Gasteiger charge is 2.27. The summed E-state index contributed by atoms with van der Waals surface area (Å²) in [5.41, 5.74) is 7.81. The number of nitrogens with two attached hydrogens (primary N) is 1. The van der Waals surface area contributed by atoms with E-state index in [-0.39, 0.29) is 0 Å². The van der Waals surface area contributed by atoms with E-state index in [2.05, 4.69) is 36.0 Å². The van der Waals surface area contributed by atoms with Crippen molar-refractivity contribution in [2.45, 2.75) is 38.6 Å². The van der Waals surface area contributed by atoms with E-state index in [4.69, 9.17) is 10.5 Å². The van der Waals surface area contributed by atoms with Crippen LogP contribution in [-0.2, 0) is 17.8 Å². The Morgan fingerprint density at radius 3 is 3.06 bits per heavy atom. The monoisotopic (exact) mass is 235 g/mol. The summed E-state index contributed by atoms with van der Waals surface area (Å²) >= 11 is 0. The lowest BCUT2D eigenvalue weighted by Gasteiger charge is -2.26. The third-order valence-corrected chi connectivity index (χ3v) is 3.42. The van der Waals surface area contributed by atoms with E-state index in [9.17, 15) is 0 Å². The van der Waals surface area contributed by atoms with E-state index in [0.717, 1.165) is 25.3 Å². The van der Waals surface area contributed by atoms with Gasteiger partial charge in [0.15, 0.2) is 0 Å². The van der Waals surface area contributed by atoms with Gasteiger partial charge in [0.05, 0.1) is 11.8 Å². The number of pyridine rings is 1. The maximum absolute atomic E-state index is 5.60. The van der Waals surface area contributed by atoms with Gasteiger partial charge in [0.25, 0.3) is 0 Å². The molecule has 0 spiro atoms. The molecule has 4 heteroatoms. The highest BCUT2D eigenvalue weighted by molar-refractivity contribution is 5.16. The fourth-order valence-corrected chi connectivity index (χ4v) is 2.44. The van der Waals surface area contributed by atoms with Crippen LogP contribution in [-0.4, -0.2) is 35.7 Å². The average molecular weight is 235 g/mol. The number of nitrogens with zero attached hydrogens (tertiary/aromatic N) is 2. The van der Waals surface area contributed by atoms with Crippen molar-refractivity contribution in [2.75, 3.05) is 13.7 Å². The molecule has 2 heterocycles. The van der Waals surface area contributed by atoms with Crippen LogP contribution in [0.4, 0.5) is 0 Å². The molecule has 1 fully saturated rings. The van der Waals surface area contributed by atoms with Crippen molar-refractivity contribution in [1.82, 2.24) is 9.88 Å². The number of hydrogen-bond donors (Lipinski definition) is 1. The molecule has 0 aromatic carbocycles. The molecule has 0 aliphatic carbocycles. The van der Waals surface area contributed by atoms with Crippen molar-refractivity contribution in [3.8, 4) is 0 Å². The maximum atomic E-state index is 5.60. The molecular weight excluding hydrogens is 214 g/mol. The van der Waals surface area contributed by atoms with Gasteiger partial charge in [0, 0.05) is 31.9 Å². The largest absolute Gasteiger partial charge is 0.377 e. The van der Waals surface area contributed by atoms with E-state index < -0.39 is 0 Å². The van der Waals surface area contributed by atoms with E-state index in [1.165, 1.54) is 5.56 Å². The fourth-order valence-electron chi connectivity index (χ4n) is 2.44. The van der Waals surface area contributed by atoms with Crippen molar-refractivity contribution < 1.29 is 4.74 Å². The zero-order valence-corrected chi connectivity index (χ0v) is 10.6. The lowest BCUT2D eigenvalue weighted by Crippen LogP contribution is -2.36. The zero-order valence-electron chi connectivity index (χ0n) is 10.6. The van der Waals surface area contributed by atoms with Gasteiger partial charge in [-0.25, -0.2) is 0 Å². The Morgan fingerprint density at radius 2 is 2.41 bits per heavy atom. The molecule has 2 N–H and O–H groups in total. The van der Waals surface area contributed by atoms with E-state index in [1.54, 1.807) is 0 Å². The molecule has 0 bridgehead atoms. The number of ether oxygens (including phenoxy) is 1. The lowest BCUT2D eigenvalue weighted by atomic mass is 10.1. The molecular formula is C13H21N3O. The van der Waals surface area contributed by atoms with Gasteiger partial charge in [-0.15, -0.1) is 0 Å². The molecule has 1 saturated heterocycles. The van der Waals surface area contributed by atoms with Crippen molar-refractivity contribution in [3.05, 3.63) is 29.6 Å². The van der Waals surface area contributed by atoms with Crippen LogP contribution in [0.3, 0.4) is 0 Å². The van der Waals surface area contributed by atoms with Crippen LogP contribution in [0.25, 0.3) is 0 Å². The molecule has 1 aliphatic rings. The van der Waals surface area contributed by atoms with E-state index in [0.29, 0.717) is 18.7 Å². The molecule has 1 aromatic heterocycles. The summed E-state index contributed by atoms with van der Waals surface area (Å²) in [6.07, 6.45) is 3.28. The van der Waals surface area contributed by atoms with E-state index in [1.807, 2.05) is 6.20 Å². The zero-order chi connectivity index (χ0) is 12.3. The van der Waals surface area contributed by atoms with Gasteiger partial charge >= 0.3 is 0 Å². The first kappa shape index (κ1) is 12.5. The Hall–Kier alpha value is -0.970. The van der Waals surface area contributed by atoms with Crippen molar-refractivity contribution >= 4 is 0 Å². The van der Waals surface area contributed by atoms with Crippen molar-refractivity contribution in [2.24, 2.45) is 5.73 Å². The minimum atomic E-state index is 0.329. The number of rotatable bonds is 4. The molecule has 0 amide bonds. The van der Waals surface area contributed by atoms with Crippen LogP contribution in [0.1, 0.15) is 24.6 Å². The SMILES string of the molecule is CC1OCCC1N(C)Cc1ccnc(CN)c1. The third kappa shape index (κ3) is 3.03. The smallest absolute Gasteiger partial charge is 0.0703 e. The van der Waals surface area contributed by atoms with Gasteiger partial charge in [-0.1, -0.05) is 0 Å². The van der Waals surface area contributed by atoms with Crippen molar-refractivity contribution in [1.29, 1.82) is 0 Å². The van der Waals surface area contributed by atoms with Crippen LogP contribution < -0.4 is 5.73 Å². The van der Waals surface area contributed by atoms with Gasteiger partial charge in [-0.2, -0.15) is 0 Å². The molecule has 17 heavy (non-hydrogen) atoms. The summed E-state index contributed by atoms with van der Waals surface area (Å²) in [6.45, 7) is 4.45. The maximum Gasteiger partial charge on any atom is 0.0703 e. The Bertz CT molecular complexity index is 369. The lowest BCUT2D eigenvalue weighted by molar-refractivity contribution is 0.0814. The minimum Gasteiger partial charge on any atom is -0.377 e. The molecule has 2 rings (SSSR count). The van der Waals surface area contributed by atoms with Crippen molar-refractivity contribution in [3.63, 3.8) is 0 Å². The summed E-state index contributed by atoms with van der Waals surface area (Å²) in [6, 6.07) is 4.65. The minimum absolute atomic E-state index is 0.329. The summed E-state index contributed by atoms with van der Waals surface area (Å²) in [7, 11) is 2.15. The standard InChI is InChI=1S/C13H21N3O/c1-10-13(4-6-17-10)16(2)9-11-3-5-15-12(7-11)8-14/h3,5,7,10,13H,4,6,8-9,14H2,1-2H3. The van der Waals surface area contributed by atoms with Gasteiger partial charge in [-0.05, 0) is 38.1 Å². The van der Waals surface area contributed by atoms with Gasteiger partial charge in [0.2, 0.25) is 0 Å². The van der Waals surface area contributed by atoms with Crippen LogP contribution in [0.2, 0.25) is 0 Å². The molecule has 1 aromatic rings. The van der Waals surface area contributed by atoms with Gasteiger partial charge in [-0.3, -0.25) is 9.88 Å². The number of likely N-dealkylation sites (N-methyl/N-ethyl adjacent to an activating group) is 1. The van der Waals surface area contributed by atoms with E-state index >= 15 is 0 Å². The fraction of sp³-hybridized carbons (Fsp3) is 0.615. The molecule has 4 nitrogen and oxygen atoms in total. The van der Waals surface area contributed by atoms with Gasteiger partial charge < -0.3 is 10.5 Å². The predicted octanol–water partition coefficient (Wildman–Crippen LogP) is 1.15. The molecule has 2 atom stereocenters. The number of aromatic nitrogens is 1. The number of hydrogen-bond acceptors (Lipinski definition) is 4. The topological polar surface area (TPSA) is 51.4 Å². The second-order valence-electron chi connectivity index (χ2n) is 4.71. The quantitative estimate of drug-likeness (QED) is 0.850. The summed E-state index contributed by atoms with van der Waals surface area (Å²) in [5, 5.41) is 0. The third-order valence-electron chi connectivity index (χ3n) is 3.42. The molecule has 1 aliphatic heterocycles. The average Bonchev–Trinajstić information content (AvgIpc) is 2.76. The predicted molar refractivity (Wildman–Crippen MR) is 67.4 cm³/mol. The highest BCUT2D eigenvalue weighted by atomic mass is 16.5. The first-order valence-electron chi connectivity index (χ1n) is 6.16. The first-order valence-corrected chi connectivity index (χ1v) is 6.16. The van der Waals surface area contributed by atoms with Crippen LogP contribution >= 0.6 is 0 Å². The Morgan fingerprint density at radius 1 is 1.59 bits per heavy atom. The molecule has 0 saturated carbocycles. The highest BCUT2D eigenvalue weighted by Crippen LogP contribution is 2.19. The molecule has 0 radical (unpaired) electrons. The van der Waals surface area contributed by atoms with Crippen LogP contribution in [0.15, 0.2) is 18.3 Å². The Kier molecular flexibility index (Phi) is 4.10. The molecule has 94 valence electrons. The second kappa shape index (κ2) is 5.58.